The largest absolute Gasteiger partial charge is 0.490 e. The highest BCUT2D eigenvalue weighted by molar-refractivity contribution is 9.10. The molecule has 2 N–H and O–H groups in total. The summed E-state index contributed by atoms with van der Waals surface area (Å²) >= 11 is 14.9. The second kappa shape index (κ2) is 11.8. The molecule has 4 rings (SSSR count). The third kappa shape index (κ3) is 5.88. The molecule has 38 heavy (non-hydrogen) atoms. The minimum atomic E-state index is -1.16. The average molecular weight is 616 g/mol. The van der Waals surface area contributed by atoms with Crippen LogP contribution in [0.5, 0.6) is 11.5 Å². The second-order valence-electron chi connectivity index (χ2n) is 7.95. The fraction of sp³-hybridized carbons (Fsp3) is 0.111. The molecule has 0 aromatic heterocycles. The van der Waals surface area contributed by atoms with Crippen LogP contribution >= 0.6 is 39.7 Å². The highest BCUT2D eigenvalue weighted by Crippen LogP contribution is 2.36. The topological polar surface area (TPSA) is 105 Å². The molecule has 0 spiro atoms. The van der Waals surface area contributed by atoms with Gasteiger partial charge in [0.2, 0.25) is 0 Å². The lowest BCUT2D eigenvalue weighted by Crippen LogP contribution is -2.54. The van der Waals surface area contributed by atoms with Crippen LogP contribution in [0.3, 0.4) is 0 Å². The number of rotatable bonds is 8. The van der Waals surface area contributed by atoms with Crippen molar-refractivity contribution in [1.82, 2.24) is 5.32 Å². The van der Waals surface area contributed by atoms with E-state index >= 15 is 0 Å². The summed E-state index contributed by atoms with van der Waals surface area (Å²) in [7, 11) is 0. The molecule has 0 saturated carbocycles. The number of carboxylic acids is 1. The van der Waals surface area contributed by atoms with Gasteiger partial charge in [-0.05, 0) is 67.2 Å². The van der Waals surface area contributed by atoms with Crippen LogP contribution in [0.25, 0.3) is 6.08 Å². The zero-order valence-electron chi connectivity index (χ0n) is 19.9. The van der Waals surface area contributed by atoms with E-state index in [-0.39, 0.29) is 28.5 Å². The Labute approximate surface area is 236 Å². The Hall–Kier alpha value is -3.73. The van der Waals surface area contributed by atoms with E-state index in [2.05, 4.69) is 21.2 Å². The molecule has 1 aliphatic rings. The van der Waals surface area contributed by atoms with E-state index < -0.39 is 17.8 Å². The molecule has 0 aliphatic carbocycles. The molecule has 1 saturated heterocycles. The lowest BCUT2D eigenvalue weighted by molar-refractivity contribution is -0.122. The highest BCUT2D eigenvalue weighted by Gasteiger charge is 2.35. The zero-order valence-corrected chi connectivity index (χ0v) is 23.0. The summed E-state index contributed by atoms with van der Waals surface area (Å²) in [6.45, 7) is 2.37. The number of anilines is 1. The first kappa shape index (κ1) is 27.3. The SMILES string of the molecule is CCOc1cc(C=C2C(=O)NC(=S)N(c3cccc(C(=O)O)c3)C2=O)c(Br)cc1OCc1ccccc1Cl. The van der Waals surface area contributed by atoms with Crippen molar-refractivity contribution in [3.8, 4) is 11.5 Å². The number of hydrogen-bond donors (Lipinski definition) is 2. The van der Waals surface area contributed by atoms with Gasteiger partial charge in [-0.15, -0.1) is 0 Å². The van der Waals surface area contributed by atoms with Gasteiger partial charge < -0.3 is 14.6 Å². The summed E-state index contributed by atoms with van der Waals surface area (Å²) in [6, 6.07) is 16.3. The number of thiocarbonyl (C=S) groups is 1. The van der Waals surface area contributed by atoms with Crippen LogP contribution in [0.15, 0.2) is 70.7 Å². The Morgan fingerprint density at radius 2 is 1.84 bits per heavy atom. The van der Waals surface area contributed by atoms with Crippen molar-refractivity contribution in [2.24, 2.45) is 0 Å². The van der Waals surface area contributed by atoms with Crippen LogP contribution in [0.4, 0.5) is 5.69 Å². The van der Waals surface area contributed by atoms with Crippen molar-refractivity contribution in [1.29, 1.82) is 0 Å². The molecule has 1 aliphatic heterocycles. The fourth-order valence-corrected chi connectivity index (χ4v) is 4.55. The number of carbonyl (C=O) groups is 3. The van der Waals surface area contributed by atoms with Crippen molar-refractivity contribution < 1.29 is 29.0 Å². The van der Waals surface area contributed by atoms with Crippen molar-refractivity contribution in [3.63, 3.8) is 0 Å². The third-order valence-electron chi connectivity index (χ3n) is 5.46. The molecule has 1 heterocycles. The summed E-state index contributed by atoms with van der Waals surface area (Å²) in [6.07, 6.45) is 1.40. The molecule has 8 nitrogen and oxygen atoms in total. The lowest BCUT2D eigenvalue weighted by atomic mass is 10.1. The van der Waals surface area contributed by atoms with Crippen molar-refractivity contribution >= 4 is 74.4 Å². The second-order valence-corrected chi connectivity index (χ2v) is 9.60. The molecule has 0 unspecified atom stereocenters. The maximum atomic E-state index is 13.4. The van der Waals surface area contributed by atoms with Gasteiger partial charge >= 0.3 is 5.97 Å². The molecule has 2 amide bonds. The normalized spacial score (nSPS) is 14.4. The predicted octanol–water partition coefficient (Wildman–Crippen LogP) is 5.61. The Morgan fingerprint density at radius 1 is 1.11 bits per heavy atom. The highest BCUT2D eigenvalue weighted by atomic mass is 79.9. The van der Waals surface area contributed by atoms with E-state index in [1.165, 1.54) is 30.3 Å². The number of nitrogens with zero attached hydrogens (tertiary/aromatic N) is 1. The first-order valence-electron chi connectivity index (χ1n) is 11.3. The van der Waals surface area contributed by atoms with Crippen LogP contribution in [-0.2, 0) is 16.2 Å². The van der Waals surface area contributed by atoms with Crippen LogP contribution in [0.1, 0.15) is 28.4 Å². The molecule has 1 fully saturated rings. The number of aromatic carboxylic acids is 1. The molecule has 3 aromatic carbocycles. The number of halogens is 2. The van der Waals surface area contributed by atoms with Crippen LogP contribution < -0.4 is 19.7 Å². The molecular weight excluding hydrogens is 596 g/mol. The zero-order chi connectivity index (χ0) is 27.4. The van der Waals surface area contributed by atoms with Gasteiger partial charge in [-0.1, -0.05) is 51.8 Å². The van der Waals surface area contributed by atoms with Crippen molar-refractivity contribution in [3.05, 3.63) is 92.4 Å². The van der Waals surface area contributed by atoms with E-state index in [0.717, 1.165) is 10.5 Å². The monoisotopic (exact) mass is 614 g/mol. The predicted molar refractivity (Wildman–Crippen MR) is 151 cm³/mol. The summed E-state index contributed by atoms with van der Waals surface area (Å²) in [5.41, 5.74) is 1.25. The smallest absolute Gasteiger partial charge is 0.335 e. The maximum absolute atomic E-state index is 13.4. The van der Waals surface area contributed by atoms with Gasteiger partial charge in [-0.2, -0.15) is 0 Å². The molecule has 0 bridgehead atoms. The number of nitrogens with one attached hydrogen (secondary N) is 1. The van der Waals surface area contributed by atoms with Gasteiger partial charge in [0.25, 0.3) is 11.8 Å². The Morgan fingerprint density at radius 3 is 2.55 bits per heavy atom. The number of hydrogen-bond acceptors (Lipinski definition) is 6. The number of ether oxygens (including phenoxy) is 2. The first-order chi connectivity index (χ1) is 18.2. The van der Waals surface area contributed by atoms with E-state index in [1.807, 2.05) is 25.1 Å². The summed E-state index contributed by atoms with van der Waals surface area (Å²) in [5.74, 6) is -1.71. The Balaban J connectivity index is 1.68. The molecule has 3 aromatic rings. The van der Waals surface area contributed by atoms with Gasteiger partial charge in [0.15, 0.2) is 16.6 Å². The molecule has 194 valence electrons. The Bertz CT molecular complexity index is 1490. The maximum Gasteiger partial charge on any atom is 0.335 e. The van der Waals surface area contributed by atoms with E-state index in [1.54, 1.807) is 18.2 Å². The van der Waals surface area contributed by atoms with Gasteiger partial charge in [0.05, 0.1) is 17.9 Å². The number of benzene rings is 3. The van der Waals surface area contributed by atoms with E-state index in [0.29, 0.717) is 33.2 Å². The standard InChI is InChI=1S/C27H20BrClN2O6S/c1-2-36-22-12-17(20(28)13-23(22)37-14-16-6-3-4-9-21(16)29)11-19-24(32)30-27(38)31(25(19)33)18-8-5-7-15(10-18)26(34)35/h3-13H,2,14H2,1H3,(H,34,35)(H,30,32,38). The van der Waals surface area contributed by atoms with Crippen LogP contribution in [-0.4, -0.2) is 34.6 Å². The molecule has 0 radical (unpaired) electrons. The number of carbonyl (C=O) groups excluding carboxylic acids is 2. The summed E-state index contributed by atoms with van der Waals surface area (Å²) in [5, 5.41) is 12.2. The van der Waals surface area contributed by atoms with Gasteiger partial charge in [0, 0.05) is 15.1 Å². The molecule has 11 heteroatoms. The Kier molecular flexibility index (Phi) is 8.45. The lowest BCUT2D eigenvalue weighted by Gasteiger charge is -2.29. The number of amides is 2. The fourth-order valence-electron chi connectivity index (χ4n) is 3.64. The van der Waals surface area contributed by atoms with Crippen LogP contribution in [0, 0.1) is 0 Å². The van der Waals surface area contributed by atoms with Crippen molar-refractivity contribution in [2.75, 3.05) is 11.5 Å². The van der Waals surface area contributed by atoms with Gasteiger partial charge in [-0.3, -0.25) is 19.8 Å². The minimum absolute atomic E-state index is 0.0305. The third-order valence-corrected chi connectivity index (χ3v) is 6.80. The van der Waals surface area contributed by atoms with Crippen molar-refractivity contribution in [2.45, 2.75) is 13.5 Å². The van der Waals surface area contributed by atoms with Gasteiger partial charge in [0.1, 0.15) is 12.2 Å². The first-order valence-corrected chi connectivity index (χ1v) is 12.8. The molecular formula is C27H20BrClN2O6S. The average Bonchev–Trinajstić information content (AvgIpc) is 2.88. The van der Waals surface area contributed by atoms with Crippen LogP contribution in [0.2, 0.25) is 5.02 Å². The van der Waals surface area contributed by atoms with E-state index in [9.17, 15) is 19.5 Å². The minimum Gasteiger partial charge on any atom is -0.490 e. The quantitative estimate of drug-likeness (QED) is 0.193. The summed E-state index contributed by atoms with van der Waals surface area (Å²) < 4.78 is 12.3. The van der Waals surface area contributed by atoms with E-state index in [4.69, 9.17) is 33.3 Å². The summed E-state index contributed by atoms with van der Waals surface area (Å²) in [4.78, 5) is 38.6. The van der Waals surface area contributed by atoms with Gasteiger partial charge in [-0.25, -0.2) is 4.79 Å². The number of carboxylic acid groups (broad SMARTS) is 1. The molecule has 0 atom stereocenters.